The fourth-order valence-electron chi connectivity index (χ4n) is 2.20. The zero-order valence-corrected chi connectivity index (χ0v) is 12.0. The van der Waals surface area contributed by atoms with E-state index in [2.05, 4.69) is 0 Å². The van der Waals surface area contributed by atoms with Crippen LogP contribution in [-0.4, -0.2) is 23.2 Å². The molecule has 1 aromatic carbocycles. The van der Waals surface area contributed by atoms with E-state index in [0.29, 0.717) is 10.9 Å². The van der Waals surface area contributed by atoms with Gasteiger partial charge in [-0.15, -0.1) is 0 Å². The highest BCUT2D eigenvalue weighted by atomic mass is 16.2. The van der Waals surface area contributed by atoms with E-state index in [1.54, 1.807) is 7.05 Å². The van der Waals surface area contributed by atoms with Gasteiger partial charge in [-0.05, 0) is 32.0 Å². The van der Waals surface area contributed by atoms with Crippen LogP contribution in [0.25, 0.3) is 10.9 Å². The van der Waals surface area contributed by atoms with Gasteiger partial charge in [-0.25, -0.2) is 4.79 Å². The number of hydrogen-bond acceptors (Lipinski definition) is 3. The number of fused-ring (bicyclic) bond motifs is 1. The van der Waals surface area contributed by atoms with Crippen molar-refractivity contribution >= 4 is 16.6 Å². The largest absolute Gasteiger partial charge is 0.378 e. The lowest BCUT2D eigenvalue weighted by Crippen LogP contribution is -2.40. The highest BCUT2D eigenvalue weighted by molar-refractivity contribution is 5.82. The summed E-state index contributed by atoms with van der Waals surface area (Å²) in [5.41, 5.74) is 1.11. The summed E-state index contributed by atoms with van der Waals surface area (Å²) < 4.78 is 2.82. The van der Waals surface area contributed by atoms with E-state index in [4.69, 9.17) is 0 Å². The maximum Gasteiger partial charge on any atom is 0.331 e. The highest BCUT2D eigenvalue weighted by Crippen LogP contribution is 2.17. The second kappa shape index (κ2) is 4.57. The molecule has 0 atom stereocenters. The monoisotopic (exact) mass is 261 g/mol. The summed E-state index contributed by atoms with van der Waals surface area (Å²) in [6, 6.07) is 5.40. The molecule has 0 saturated heterocycles. The van der Waals surface area contributed by atoms with Gasteiger partial charge in [0.1, 0.15) is 0 Å². The minimum atomic E-state index is -0.273. The highest BCUT2D eigenvalue weighted by Gasteiger charge is 2.13. The first-order valence-corrected chi connectivity index (χ1v) is 6.27. The zero-order chi connectivity index (χ0) is 14.3. The molecular weight excluding hydrogens is 242 g/mol. The van der Waals surface area contributed by atoms with Crippen molar-refractivity contribution in [2.75, 3.05) is 19.0 Å². The number of anilines is 1. The second-order valence-corrected chi connectivity index (χ2v) is 5.21. The minimum absolute atomic E-state index is 0.154. The first kappa shape index (κ1) is 13.4. The summed E-state index contributed by atoms with van der Waals surface area (Å²) in [5, 5.41) is 0.571. The van der Waals surface area contributed by atoms with E-state index < -0.39 is 0 Å². The summed E-state index contributed by atoms with van der Waals surface area (Å²) in [6.45, 7) is 3.68. The molecule has 0 radical (unpaired) electrons. The molecule has 0 N–H and O–H groups in total. The SMILES string of the molecule is CC(C)n1c(=O)c2cc(N(C)C)ccc2n(C)c1=O. The predicted molar refractivity (Wildman–Crippen MR) is 78.2 cm³/mol. The van der Waals surface area contributed by atoms with Gasteiger partial charge in [0.2, 0.25) is 0 Å². The normalized spacial score (nSPS) is 11.3. The Kier molecular flexibility index (Phi) is 3.22. The van der Waals surface area contributed by atoms with Gasteiger partial charge < -0.3 is 4.90 Å². The fraction of sp³-hybridized carbons (Fsp3) is 0.429. The molecule has 0 spiro atoms. The standard InChI is InChI=1S/C14H19N3O2/c1-9(2)17-13(18)11-8-10(15(3)4)6-7-12(11)16(5)14(17)19/h6-9H,1-5H3. The summed E-state index contributed by atoms with van der Waals surface area (Å²) in [5.74, 6) is 0. The van der Waals surface area contributed by atoms with Crippen LogP contribution in [0.3, 0.4) is 0 Å². The zero-order valence-electron chi connectivity index (χ0n) is 12.0. The maximum absolute atomic E-state index is 12.4. The first-order chi connectivity index (χ1) is 8.84. The molecule has 19 heavy (non-hydrogen) atoms. The molecule has 5 nitrogen and oxygen atoms in total. The minimum Gasteiger partial charge on any atom is -0.378 e. The van der Waals surface area contributed by atoms with Crippen LogP contribution in [0, 0.1) is 0 Å². The van der Waals surface area contributed by atoms with E-state index in [1.807, 2.05) is 51.0 Å². The molecule has 0 fully saturated rings. The van der Waals surface area contributed by atoms with Gasteiger partial charge in [-0.3, -0.25) is 13.9 Å². The van der Waals surface area contributed by atoms with Crippen LogP contribution in [0.1, 0.15) is 19.9 Å². The molecule has 0 aliphatic carbocycles. The number of nitrogens with zero attached hydrogens (tertiary/aromatic N) is 3. The molecule has 0 aliphatic rings. The molecule has 1 heterocycles. The van der Waals surface area contributed by atoms with Crippen molar-refractivity contribution in [3.8, 4) is 0 Å². The van der Waals surface area contributed by atoms with Gasteiger partial charge in [0.15, 0.2) is 0 Å². The Hall–Kier alpha value is -2.04. The molecular formula is C14H19N3O2. The number of aryl methyl sites for hydroxylation is 1. The third-order valence-corrected chi connectivity index (χ3v) is 3.32. The molecule has 0 bridgehead atoms. The summed E-state index contributed by atoms with van der Waals surface area (Å²) in [6.07, 6.45) is 0. The van der Waals surface area contributed by atoms with Crippen LogP contribution in [0.5, 0.6) is 0 Å². The Morgan fingerprint density at radius 1 is 1.16 bits per heavy atom. The lowest BCUT2D eigenvalue weighted by molar-refractivity contribution is 0.532. The van der Waals surface area contributed by atoms with Crippen LogP contribution < -0.4 is 16.1 Å². The molecule has 0 saturated carbocycles. The average molecular weight is 261 g/mol. The van der Waals surface area contributed by atoms with Crippen molar-refractivity contribution in [2.24, 2.45) is 7.05 Å². The third-order valence-electron chi connectivity index (χ3n) is 3.32. The fourth-order valence-corrected chi connectivity index (χ4v) is 2.20. The van der Waals surface area contributed by atoms with E-state index in [0.717, 1.165) is 5.69 Å². The summed E-state index contributed by atoms with van der Waals surface area (Å²) in [7, 11) is 5.53. The van der Waals surface area contributed by atoms with E-state index in [1.165, 1.54) is 9.13 Å². The van der Waals surface area contributed by atoms with Crippen LogP contribution in [0.4, 0.5) is 5.69 Å². The molecule has 2 rings (SSSR count). The third kappa shape index (κ3) is 2.05. The van der Waals surface area contributed by atoms with Crippen LogP contribution in [0.2, 0.25) is 0 Å². The summed E-state index contributed by atoms with van der Waals surface area (Å²) >= 11 is 0. The van der Waals surface area contributed by atoms with Crippen molar-refractivity contribution in [3.63, 3.8) is 0 Å². The number of aromatic nitrogens is 2. The predicted octanol–water partition coefficient (Wildman–Crippen LogP) is 1.35. The Morgan fingerprint density at radius 3 is 2.32 bits per heavy atom. The Balaban J connectivity index is 2.96. The molecule has 0 aliphatic heterocycles. The number of rotatable bonds is 2. The van der Waals surface area contributed by atoms with Crippen LogP contribution >= 0.6 is 0 Å². The Bertz CT molecular complexity index is 739. The summed E-state index contributed by atoms with van der Waals surface area (Å²) in [4.78, 5) is 26.6. The smallest absolute Gasteiger partial charge is 0.331 e. The van der Waals surface area contributed by atoms with E-state index >= 15 is 0 Å². The second-order valence-electron chi connectivity index (χ2n) is 5.21. The molecule has 102 valence electrons. The van der Waals surface area contributed by atoms with Crippen LogP contribution in [-0.2, 0) is 7.05 Å². The van der Waals surface area contributed by atoms with Gasteiger partial charge in [0, 0.05) is 32.9 Å². The Morgan fingerprint density at radius 2 is 1.79 bits per heavy atom. The molecule has 0 unspecified atom stereocenters. The van der Waals surface area contributed by atoms with Gasteiger partial charge >= 0.3 is 5.69 Å². The van der Waals surface area contributed by atoms with E-state index in [9.17, 15) is 9.59 Å². The quantitative estimate of drug-likeness (QED) is 0.819. The lowest BCUT2D eigenvalue weighted by atomic mass is 10.2. The first-order valence-electron chi connectivity index (χ1n) is 6.27. The van der Waals surface area contributed by atoms with E-state index in [-0.39, 0.29) is 17.3 Å². The maximum atomic E-state index is 12.4. The van der Waals surface area contributed by atoms with Gasteiger partial charge in [-0.1, -0.05) is 0 Å². The van der Waals surface area contributed by atoms with Gasteiger partial charge in [-0.2, -0.15) is 0 Å². The van der Waals surface area contributed by atoms with Gasteiger partial charge in [0.05, 0.1) is 10.9 Å². The van der Waals surface area contributed by atoms with Crippen molar-refractivity contribution in [3.05, 3.63) is 39.0 Å². The topological polar surface area (TPSA) is 47.2 Å². The number of benzene rings is 1. The van der Waals surface area contributed by atoms with Crippen molar-refractivity contribution < 1.29 is 0 Å². The van der Waals surface area contributed by atoms with Crippen molar-refractivity contribution in [2.45, 2.75) is 19.9 Å². The molecule has 2 aromatic rings. The van der Waals surface area contributed by atoms with Crippen molar-refractivity contribution in [1.82, 2.24) is 9.13 Å². The molecule has 1 aromatic heterocycles. The van der Waals surface area contributed by atoms with Crippen LogP contribution in [0.15, 0.2) is 27.8 Å². The average Bonchev–Trinajstić information content (AvgIpc) is 2.35. The number of hydrogen-bond donors (Lipinski definition) is 0. The molecule has 5 heteroatoms. The van der Waals surface area contributed by atoms with Crippen molar-refractivity contribution in [1.29, 1.82) is 0 Å². The molecule has 0 amide bonds. The van der Waals surface area contributed by atoms with Gasteiger partial charge in [0.25, 0.3) is 5.56 Å². The lowest BCUT2D eigenvalue weighted by Gasteiger charge is -2.16. The Labute approximate surface area is 111 Å².